The van der Waals surface area contributed by atoms with Crippen molar-refractivity contribution in [1.29, 1.82) is 0 Å². The third-order valence-corrected chi connectivity index (χ3v) is 3.10. The Morgan fingerprint density at radius 3 is 2.71 bits per heavy atom. The zero-order valence-electron chi connectivity index (χ0n) is 10.7. The van der Waals surface area contributed by atoms with Crippen LogP contribution in [-0.2, 0) is 32.8 Å². The molecule has 120 valence electrons. The SMILES string of the molecule is CCOC(=O)O[C@H]1[C@H]2OC(=O)O[C@H]2O[C@@H]1COP(=O)(O)O. The lowest BCUT2D eigenvalue weighted by molar-refractivity contribution is -0.104. The molecule has 2 rings (SSSR count). The van der Waals surface area contributed by atoms with Crippen LogP contribution in [0, 0.1) is 0 Å². The number of phosphoric ester groups is 1. The van der Waals surface area contributed by atoms with E-state index in [2.05, 4.69) is 14.0 Å². The van der Waals surface area contributed by atoms with Crippen molar-refractivity contribution in [3.8, 4) is 0 Å². The Bertz CT molecular complexity index is 459. The molecular formula is C9H13O11P. The van der Waals surface area contributed by atoms with Crippen molar-refractivity contribution in [2.45, 2.75) is 31.5 Å². The summed E-state index contributed by atoms with van der Waals surface area (Å²) in [7, 11) is -4.73. The first kappa shape index (κ1) is 16.0. The summed E-state index contributed by atoms with van der Waals surface area (Å²) < 4.78 is 39.1. The van der Waals surface area contributed by atoms with Gasteiger partial charge in [0.25, 0.3) is 0 Å². The molecule has 4 atom stereocenters. The second-order valence-corrected chi connectivity index (χ2v) is 5.28. The van der Waals surface area contributed by atoms with E-state index in [1.165, 1.54) is 0 Å². The average Bonchev–Trinajstić information content (AvgIpc) is 2.84. The van der Waals surface area contributed by atoms with Gasteiger partial charge in [-0.2, -0.15) is 0 Å². The molecule has 2 fully saturated rings. The molecule has 11 nitrogen and oxygen atoms in total. The highest BCUT2D eigenvalue weighted by molar-refractivity contribution is 7.46. The minimum absolute atomic E-state index is 0.0560. The maximum Gasteiger partial charge on any atom is 0.511 e. The largest absolute Gasteiger partial charge is 0.511 e. The number of rotatable bonds is 5. The molecule has 0 spiro atoms. The Morgan fingerprint density at radius 1 is 1.38 bits per heavy atom. The van der Waals surface area contributed by atoms with E-state index in [9.17, 15) is 14.2 Å². The number of carbonyl (C=O) groups excluding carboxylic acids is 2. The lowest BCUT2D eigenvalue weighted by Crippen LogP contribution is -2.39. The molecule has 0 radical (unpaired) electrons. The second kappa shape index (κ2) is 6.16. The van der Waals surface area contributed by atoms with Crippen molar-refractivity contribution in [3.05, 3.63) is 0 Å². The molecule has 2 aliphatic heterocycles. The lowest BCUT2D eigenvalue weighted by atomic mass is 10.1. The average molecular weight is 328 g/mol. The Balaban J connectivity index is 2.03. The van der Waals surface area contributed by atoms with Crippen LogP contribution in [0.2, 0.25) is 0 Å². The van der Waals surface area contributed by atoms with Crippen molar-refractivity contribution in [2.75, 3.05) is 13.2 Å². The number of phosphoric acid groups is 1. The second-order valence-electron chi connectivity index (χ2n) is 4.05. The fraction of sp³-hybridized carbons (Fsp3) is 0.778. The molecule has 2 N–H and O–H groups in total. The molecule has 0 aliphatic carbocycles. The highest BCUT2D eigenvalue weighted by Gasteiger charge is 2.56. The van der Waals surface area contributed by atoms with Gasteiger partial charge in [-0.1, -0.05) is 0 Å². The molecule has 0 amide bonds. The van der Waals surface area contributed by atoms with Gasteiger partial charge in [-0.3, -0.25) is 4.52 Å². The van der Waals surface area contributed by atoms with E-state index in [0.717, 1.165) is 0 Å². The molecule has 0 bridgehead atoms. The number of hydrogen-bond donors (Lipinski definition) is 2. The van der Waals surface area contributed by atoms with Gasteiger partial charge >= 0.3 is 20.1 Å². The highest BCUT2D eigenvalue weighted by Crippen LogP contribution is 2.39. The smallest absolute Gasteiger partial charge is 0.435 e. The molecule has 2 saturated heterocycles. The molecule has 0 unspecified atom stereocenters. The third-order valence-electron chi connectivity index (χ3n) is 2.61. The first-order valence-electron chi connectivity index (χ1n) is 5.86. The van der Waals surface area contributed by atoms with Gasteiger partial charge in [-0.25, -0.2) is 14.2 Å². The van der Waals surface area contributed by atoms with Gasteiger partial charge in [0.2, 0.25) is 12.4 Å². The van der Waals surface area contributed by atoms with E-state index >= 15 is 0 Å². The van der Waals surface area contributed by atoms with Crippen molar-refractivity contribution < 1.29 is 52.1 Å². The highest BCUT2D eigenvalue weighted by atomic mass is 31.2. The summed E-state index contributed by atoms with van der Waals surface area (Å²) in [5, 5.41) is 0. The van der Waals surface area contributed by atoms with E-state index < -0.39 is 51.3 Å². The predicted octanol–water partition coefficient (Wildman–Crippen LogP) is -0.102. The van der Waals surface area contributed by atoms with Crippen molar-refractivity contribution in [2.24, 2.45) is 0 Å². The first-order chi connectivity index (χ1) is 9.80. The van der Waals surface area contributed by atoms with Gasteiger partial charge in [0.05, 0.1) is 13.2 Å². The summed E-state index contributed by atoms with van der Waals surface area (Å²) in [6.07, 6.45) is -6.53. The number of hydrogen-bond acceptors (Lipinski definition) is 9. The van der Waals surface area contributed by atoms with Crippen molar-refractivity contribution in [1.82, 2.24) is 0 Å². The molecule has 0 aromatic rings. The predicted molar refractivity (Wildman–Crippen MR) is 59.9 cm³/mol. The fourth-order valence-electron chi connectivity index (χ4n) is 1.86. The van der Waals surface area contributed by atoms with E-state index in [0.29, 0.717) is 0 Å². The number of carbonyl (C=O) groups is 2. The zero-order valence-corrected chi connectivity index (χ0v) is 11.6. The summed E-state index contributed by atoms with van der Waals surface area (Å²) >= 11 is 0. The molecular weight excluding hydrogens is 315 g/mol. The van der Waals surface area contributed by atoms with Gasteiger partial charge in [-0.05, 0) is 6.92 Å². The maximum absolute atomic E-state index is 11.3. The van der Waals surface area contributed by atoms with E-state index in [-0.39, 0.29) is 6.61 Å². The Labute approximate surface area is 118 Å². The Kier molecular flexibility index (Phi) is 4.69. The zero-order chi connectivity index (χ0) is 15.6. The van der Waals surface area contributed by atoms with Crippen molar-refractivity contribution in [3.63, 3.8) is 0 Å². The standard InChI is InChI=1S/C9H13O11P/c1-2-15-8(10)18-5-4(3-16-21(12,13)14)17-7-6(5)19-9(11)20-7/h4-7H,2-3H2,1H3,(H2,12,13,14)/t4-,5-,6-,7-/m1/s1. The molecule has 2 heterocycles. The quantitative estimate of drug-likeness (QED) is 0.514. The van der Waals surface area contributed by atoms with Crippen LogP contribution in [0.4, 0.5) is 9.59 Å². The Hall–Kier alpha value is -1.39. The summed E-state index contributed by atoms with van der Waals surface area (Å²) in [4.78, 5) is 39.6. The monoisotopic (exact) mass is 328 g/mol. The molecule has 0 aromatic heterocycles. The van der Waals surface area contributed by atoms with E-state index in [4.69, 9.17) is 24.0 Å². The van der Waals surface area contributed by atoms with E-state index in [1.807, 2.05) is 0 Å². The topological polar surface area (TPSA) is 147 Å². The van der Waals surface area contributed by atoms with Crippen LogP contribution in [0.1, 0.15) is 6.92 Å². The minimum atomic E-state index is -4.73. The molecule has 0 aromatic carbocycles. The van der Waals surface area contributed by atoms with Crippen LogP contribution in [0.3, 0.4) is 0 Å². The summed E-state index contributed by atoms with van der Waals surface area (Å²) in [5.74, 6) is 0. The summed E-state index contributed by atoms with van der Waals surface area (Å²) in [6, 6.07) is 0. The fourth-order valence-corrected chi connectivity index (χ4v) is 2.20. The summed E-state index contributed by atoms with van der Waals surface area (Å²) in [5.41, 5.74) is 0. The van der Waals surface area contributed by atoms with Gasteiger partial charge in [0, 0.05) is 0 Å². The van der Waals surface area contributed by atoms with Crippen LogP contribution in [-0.4, -0.2) is 59.9 Å². The Morgan fingerprint density at radius 2 is 2.10 bits per heavy atom. The minimum Gasteiger partial charge on any atom is -0.435 e. The van der Waals surface area contributed by atoms with Gasteiger partial charge in [-0.15, -0.1) is 0 Å². The molecule has 21 heavy (non-hydrogen) atoms. The molecule has 2 aliphatic rings. The first-order valence-corrected chi connectivity index (χ1v) is 7.39. The van der Waals surface area contributed by atoms with Gasteiger partial charge in [0.15, 0.2) is 6.10 Å². The van der Waals surface area contributed by atoms with Crippen LogP contribution >= 0.6 is 7.82 Å². The number of fused-ring (bicyclic) bond motifs is 1. The normalized spacial score (nSPS) is 31.3. The van der Waals surface area contributed by atoms with Crippen molar-refractivity contribution >= 4 is 20.1 Å². The molecule has 12 heteroatoms. The van der Waals surface area contributed by atoms with Crippen LogP contribution in [0.5, 0.6) is 0 Å². The van der Waals surface area contributed by atoms with Gasteiger partial charge < -0.3 is 33.5 Å². The third kappa shape index (κ3) is 4.05. The maximum atomic E-state index is 11.3. The summed E-state index contributed by atoms with van der Waals surface area (Å²) in [6.45, 7) is 1.02. The van der Waals surface area contributed by atoms with Crippen LogP contribution < -0.4 is 0 Å². The molecule has 0 saturated carbocycles. The van der Waals surface area contributed by atoms with Crippen LogP contribution in [0.15, 0.2) is 0 Å². The number of ether oxygens (including phenoxy) is 5. The lowest BCUT2D eigenvalue weighted by Gasteiger charge is -2.20. The van der Waals surface area contributed by atoms with Crippen LogP contribution in [0.25, 0.3) is 0 Å². The van der Waals surface area contributed by atoms with E-state index in [1.54, 1.807) is 6.92 Å². The van der Waals surface area contributed by atoms with Gasteiger partial charge in [0.1, 0.15) is 6.10 Å².